The molecule has 0 saturated carbocycles. The Bertz CT molecular complexity index is 1520. The minimum atomic E-state index is -0.659. The van der Waals surface area contributed by atoms with Gasteiger partial charge in [-0.05, 0) is 30.7 Å². The summed E-state index contributed by atoms with van der Waals surface area (Å²) in [5.41, 5.74) is 13.5. The van der Waals surface area contributed by atoms with Gasteiger partial charge in [0.25, 0.3) is 11.5 Å². The highest BCUT2D eigenvalue weighted by Crippen LogP contribution is 2.16. The van der Waals surface area contributed by atoms with Gasteiger partial charge in [-0.15, -0.1) is 9.73 Å². The molecule has 0 aliphatic carbocycles. The van der Waals surface area contributed by atoms with Gasteiger partial charge in [-0.25, -0.2) is 9.97 Å². The molecular formula is C23H22N8O2. The molecule has 0 atom stereocenters. The van der Waals surface area contributed by atoms with Gasteiger partial charge in [-0.1, -0.05) is 37.3 Å². The lowest BCUT2D eigenvalue weighted by Gasteiger charge is -2.13. The van der Waals surface area contributed by atoms with Crippen LogP contribution in [0.3, 0.4) is 0 Å². The summed E-state index contributed by atoms with van der Waals surface area (Å²) in [7, 11) is 0. The highest BCUT2D eigenvalue weighted by molar-refractivity contribution is 6.03. The lowest BCUT2D eigenvalue weighted by atomic mass is 10.1. The van der Waals surface area contributed by atoms with Crippen molar-refractivity contribution in [2.75, 3.05) is 5.73 Å². The van der Waals surface area contributed by atoms with E-state index in [1.165, 1.54) is 12.4 Å². The molecule has 10 nitrogen and oxygen atoms in total. The fourth-order valence-electron chi connectivity index (χ4n) is 3.57. The Kier molecular flexibility index (Phi) is 5.81. The van der Waals surface area contributed by atoms with Crippen LogP contribution in [0, 0.1) is 6.92 Å². The van der Waals surface area contributed by atoms with E-state index in [9.17, 15) is 9.59 Å². The number of rotatable bonds is 3. The van der Waals surface area contributed by atoms with Gasteiger partial charge >= 0.3 is 0 Å². The molecule has 0 aliphatic heterocycles. The zero-order chi connectivity index (χ0) is 23.5. The number of anilines is 1. The van der Waals surface area contributed by atoms with Crippen LogP contribution in [0.1, 0.15) is 28.7 Å². The van der Waals surface area contributed by atoms with E-state index in [1.54, 1.807) is 4.57 Å². The number of aryl methyl sites for hydroxylation is 2. The number of fused-ring (bicyclic) bond motifs is 2. The molecule has 0 fully saturated rings. The van der Waals surface area contributed by atoms with Crippen LogP contribution in [-0.2, 0) is 6.42 Å². The molecule has 166 valence electrons. The van der Waals surface area contributed by atoms with E-state index in [0.29, 0.717) is 11.8 Å². The van der Waals surface area contributed by atoms with E-state index < -0.39 is 5.91 Å². The Labute approximate surface area is 188 Å². The van der Waals surface area contributed by atoms with Crippen molar-refractivity contribution in [1.29, 1.82) is 0 Å². The standard InChI is InChI=1S/C17H16N2O.C6H6N6O/c1-3-15-18-14-11-7-8-12(2)16(14)17(20)19(15)13-9-5-4-6-10-13;7-4-3(5(8)13)6-9-1-2-10-12(6)11-4/h4-11H,3H2,1-2H3;1-2H,(H2,7,11)(H2,8,13). The van der Waals surface area contributed by atoms with Gasteiger partial charge in [-0.3, -0.25) is 14.2 Å². The van der Waals surface area contributed by atoms with Crippen LogP contribution >= 0.6 is 0 Å². The third kappa shape index (κ3) is 4.01. The summed E-state index contributed by atoms with van der Waals surface area (Å²) in [6.07, 6.45) is 3.58. The number of primary amides is 1. The SMILES string of the molecule is CCc1nc2cccc(C)c2c(=O)n1-c1ccccc1.NC(=O)c1c(N)nn2nccnc12. The van der Waals surface area contributed by atoms with E-state index in [4.69, 9.17) is 11.5 Å². The number of nitrogen functional groups attached to an aromatic ring is 1. The second-order valence-electron chi connectivity index (χ2n) is 7.21. The molecule has 0 unspecified atom stereocenters. The summed E-state index contributed by atoms with van der Waals surface area (Å²) >= 11 is 0. The zero-order valence-electron chi connectivity index (χ0n) is 18.1. The molecule has 3 heterocycles. The third-order valence-electron chi connectivity index (χ3n) is 5.06. The largest absolute Gasteiger partial charge is 0.381 e. The van der Waals surface area contributed by atoms with Gasteiger partial charge in [0.05, 0.1) is 22.8 Å². The van der Waals surface area contributed by atoms with Crippen LogP contribution in [0.15, 0.2) is 65.7 Å². The van der Waals surface area contributed by atoms with Crippen molar-refractivity contribution in [3.8, 4) is 5.69 Å². The highest BCUT2D eigenvalue weighted by atomic mass is 16.1. The second-order valence-corrected chi connectivity index (χ2v) is 7.21. The van der Waals surface area contributed by atoms with E-state index in [1.807, 2.05) is 62.4 Å². The maximum absolute atomic E-state index is 12.9. The lowest BCUT2D eigenvalue weighted by Crippen LogP contribution is -2.24. The first-order chi connectivity index (χ1) is 15.9. The normalized spacial score (nSPS) is 10.7. The first-order valence-electron chi connectivity index (χ1n) is 10.2. The average Bonchev–Trinajstić information content (AvgIpc) is 3.15. The maximum atomic E-state index is 12.9. The zero-order valence-corrected chi connectivity index (χ0v) is 18.1. The molecule has 0 spiro atoms. The first-order valence-corrected chi connectivity index (χ1v) is 10.2. The van der Waals surface area contributed by atoms with Gasteiger partial charge in [0.2, 0.25) is 0 Å². The number of carbonyl (C=O) groups excluding carboxylic acids is 1. The molecule has 4 N–H and O–H groups in total. The smallest absolute Gasteiger partial charge is 0.266 e. The minimum absolute atomic E-state index is 0.0103. The number of aromatic nitrogens is 6. The fourth-order valence-corrected chi connectivity index (χ4v) is 3.57. The summed E-state index contributed by atoms with van der Waals surface area (Å²) < 4.78 is 2.88. The summed E-state index contributed by atoms with van der Waals surface area (Å²) in [5.74, 6) is 0.172. The molecule has 0 bridgehead atoms. The second kappa shape index (κ2) is 8.87. The van der Waals surface area contributed by atoms with E-state index in [2.05, 4.69) is 20.2 Å². The summed E-state index contributed by atoms with van der Waals surface area (Å²) in [6, 6.07) is 15.5. The Hall–Kier alpha value is -4.60. The Morgan fingerprint density at radius 1 is 1.06 bits per heavy atom. The van der Waals surface area contributed by atoms with E-state index in [-0.39, 0.29) is 22.6 Å². The molecule has 5 aromatic rings. The Balaban J connectivity index is 0.000000172. The van der Waals surface area contributed by atoms with E-state index >= 15 is 0 Å². The Morgan fingerprint density at radius 3 is 2.52 bits per heavy atom. The van der Waals surface area contributed by atoms with Gasteiger partial charge in [0, 0.05) is 12.6 Å². The van der Waals surface area contributed by atoms with Crippen molar-refractivity contribution >= 4 is 28.3 Å². The van der Waals surface area contributed by atoms with Gasteiger partial charge in [0.1, 0.15) is 11.4 Å². The Morgan fingerprint density at radius 2 is 1.82 bits per heavy atom. The molecular weight excluding hydrogens is 420 g/mol. The summed E-state index contributed by atoms with van der Waals surface area (Å²) in [4.78, 5) is 32.3. The maximum Gasteiger partial charge on any atom is 0.266 e. The fraction of sp³-hybridized carbons (Fsp3) is 0.130. The van der Waals surface area contributed by atoms with Crippen LogP contribution in [-0.4, -0.2) is 35.3 Å². The quantitative estimate of drug-likeness (QED) is 0.434. The van der Waals surface area contributed by atoms with Gasteiger partial charge in [-0.2, -0.15) is 5.10 Å². The first kappa shape index (κ1) is 21.6. The molecule has 33 heavy (non-hydrogen) atoms. The molecule has 1 amide bonds. The monoisotopic (exact) mass is 442 g/mol. The van der Waals surface area contributed by atoms with Crippen LogP contribution in [0.4, 0.5) is 5.82 Å². The number of amides is 1. The summed E-state index contributed by atoms with van der Waals surface area (Å²) in [6.45, 7) is 3.97. The van der Waals surface area contributed by atoms with Crippen molar-refractivity contribution in [1.82, 2.24) is 29.4 Å². The summed E-state index contributed by atoms with van der Waals surface area (Å²) in [5, 5.41) is 8.26. The lowest BCUT2D eigenvalue weighted by molar-refractivity contribution is 0.100. The van der Waals surface area contributed by atoms with Crippen molar-refractivity contribution in [2.45, 2.75) is 20.3 Å². The molecule has 2 aromatic carbocycles. The molecule has 10 heteroatoms. The number of hydrogen-bond acceptors (Lipinski definition) is 7. The number of nitrogens with zero attached hydrogens (tertiary/aromatic N) is 6. The number of nitrogens with two attached hydrogens (primary N) is 2. The van der Waals surface area contributed by atoms with Crippen LogP contribution in [0.2, 0.25) is 0 Å². The van der Waals surface area contributed by atoms with E-state index in [0.717, 1.165) is 27.2 Å². The predicted octanol–water partition coefficient (Wildman–Crippen LogP) is 2.06. The van der Waals surface area contributed by atoms with Crippen LogP contribution in [0.5, 0.6) is 0 Å². The topological polar surface area (TPSA) is 147 Å². The number of para-hydroxylation sites is 1. The third-order valence-corrected chi connectivity index (χ3v) is 5.06. The molecule has 3 aromatic heterocycles. The van der Waals surface area contributed by atoms with Crippen molar-refractivity contribution in [3.05, 3.63) is 88.2 Å². The van der Waals surface area contributed by atoms with Crippen LogP contribution < -0.4 is 17.0 Å². The molecule has 0 radical (unpaired) electrons. The van der Waals surface area contributed by atoms with Crippen molar-refractivity contribution in [3.63, 3.8) is 0 Å². The number of benzene rings is 2. The minimum Gasteiger partial charge on any atom is -0.381 e. The van der Waals surface area contributed by atoms with Crippen molar-refractivity contribution < 1.29 is 4.79 Å². The number of carbonyl (C=O) groups is 1. The average molecular weight is 442 g/mol. The molecule has 5 rings (SSSR count). The highest BCUT2D eigenvalue weighted by Gasteiger charge is 2.16. The van der Waals surface area contributed by atoms with Gasteiger partial charge in [0.15, 0.2) is 11.5 Å². The van der Waals surface area contributed by atoms with Crippen LogP contribution in [0.25, 0.3) is 22.2 Å². The van der Waals surface area contributed by atoms with Crippen molar-refractivity contribution in [2.24, 2.45) is 5.73 Å². The molecule has 0 aliphatic rings. The number of hydrogen-bond donors (Lipinski definition) is 2. The van der Waals surface area contributed by atoms with Gasteiger partial charge < -0.3 is 11.5 Å². The molecule has 0 saturated heterocycles. The predicted molar refractivity (Wildman–Crippen MR) is 125 cm³/mol.